The predicted octanol–water partition coefficient (Wildman–Crippen LogP) is 0.553. The lowest BCUT2D eigenvalue weighted by molar-refractivity contribution is -0.0764. The molecule has 1 saturated heterocycles. The van der Waals surface area contributed by atoms with E-state index in [-0.39, 0.29) is 29.6 Å². The van der Waals surface area contributed by atoms with Gasteiger partial charge in [0.25, 0.3) is 0 Å². The summed E-state index contributed by atoms with van der Waals surface area (Å²) in [7, 11) is -3.74. The van der Waals surface area contributed by atoms with Crippen LogP contribution in [0.4, 0.5) is 10.1 Å². The van der Waals surface area contributed by atoms with Crippen LogP contribution in [-0.2, 0) is 10.0 Å². The number of hydrogen-bond acceptors (Lipinski definition) is 4. The van der Waals surface area contributed by atoms with Crippen molar-refractivity contribution in [2.45, 2.75) is 23.3 Å². The van der Waals surface area contributed by atoms with Gasteiger partial charge in [-0.15, -0.1) is 0 Å². The molecule has 19 heavy (non-hydrogen) atoms. The Bertz CT molecular complexity index is 622. The van der Waals surface area contributed by atoms with Crippen LogP contribution in [0.5, 0.6) is 0 Å². The van der Waals surface area contributed by atoms with E-state index in [1.807, 2.05) is 0 Å². The van der Waals surface area contributed by atoms with Gasteiger partial charge in [0.15, 0.2) is 0 Å². The second-order valence-electron chi connectivity index (χ2n) is 5.33. The summed E-state index contributed by atoms with van der Waals surface area (Å²) in [5.74, 6) is -0.362. The number of aliphatic hydroxyl groups is 1. The second kappa shape index (κ2) is 3.91. The third-order valence-electron chi connectivity index (χ3n) is 3.83. The quantitative estimate of drug-likeness (QED) is 0.795. The van der Waals surface area contributed by atoms with Crippen molar-refractivity contribution in [3.8, 4) is 0 Å². The molecule has 0 spiro atoms. The molecule has 0 amide bonds. The molecule has 2 fully saturated rings. The lowest BCUT2D eigenvalue weighted by atomic mass is 9.91. The van der Waals surface area contributed by atoms with Crippen molar-refractivity contribution in [2.24, 2.45) is 5.92 Å². The minimum absolute atomic E-state index is 0.0941. The molecule has 2 aliphatic rings. The number of nitrogens with zero attached hydrogens (tertiary/aromatic N) is 1. The molecule has 0 atom stereocenters. The average Bonchev–Trinajstić information content (AvgIpc) is 3.07. The smallest absolute Gasteiger partial charge is 0.245 e. The van der Waals surface area contributed by atoms with Crippen molar-refractivity contribution in [1.82, 2.24) is 4.31 Å². The average molecular weight is 286 g/mol. The lowest BCUT2D eigenvalue weighted by Gasteiger charge is -2.45. The third kappa shape index (κ3) is 2.01. The monoisotopic (exact) mass is 286 g/mol. The number of hydrogen-bond donors (Lipinski definition) is 2. The Kier molecular flexibility index (Phi) is 2.64. The number of nitrogens with two attached hydrogens (primary N) is 1. The zero-order valence-corrected chi connectivity index (χ0v) is 11.0. The van der Waals surface area contributed by atoms with E-state index in [0.717, 1.165) is 31.0 Å². The van der Waals surface area contributed by atoms with E-state index in [1.165, 1.54) is 4.31 Å². The van der Waals surface area contributed by atoms with E-state index < -0.39 is 21.4 Å². The molecular weight excluding hydrogens is 271 g/mol. The molecule has 5 nitrogen and oxygen atoms in total. The van der Waals surface area contributed by atoms with E-state index in [4.69, 9.17) is 5.73 Å². The van der Waals surface area contributed by atoms with Gasteiger partial charge >= 0.3 is 0 Å². The Morgan fingerprint density at radius 3 is 2.53 bits per heavy atom. The number of nitrogen functional groups attached to an aromatic ring is 1. The van der Waals surface area contributed by atoms with Crippen LogP contribution >= 0.6 is 0 Å². The second-order valence-corrected chi connectivity index (χ2v) is 7.24. The fourth-order valence-corrected chi connectivity index (χ4v) is 4.17. The van der Waals surface area contributed by atoms with E-state index in [9.17, 15) is 17.9 Å². The summed E-state index contributed by atoms with van der Waals surface area (Å²) in [4.78, 5) is -0.105. The molecule has 3 rings (SSSR count). The van der Waals surface area contributed by atoms with Gasteiger partial charge < -0.3 is 10.8 Å². The normalized spacial score (nSPS) is 23.1. The fourth-order valence-electron chi connectivity index (χ4n) is 2.51. The number of anilines is 1. The summed E-state index contributed by atoms with van der Waals surface area (Å²) >= 11 is 0. The molecule has 3 N–H and O–H groups in total. The van der Waals surface area contributed by atoms with Gasteiger partial charge in [-0.05, 0) is 37.0 Å². The van der Waals surface area contributed by atoms with Crippen LogP contribution in [0.25, 0.3) is 0 Å². The van der Waals surface area contributed by atoms with Crippen molar-refractivity contribution in [3.05, 3.63) is 24.0 Å². The summed E-state index contributed by atoms with van der Waals surface area (Å²) in [6, 6.07) is 3.21. The van der Waals surface area contributed by atoms with Crippen LogP contribution in [0.15, 0.2) is 23.1 Å². The molecular formula is C12H15FN2O3S. The predicted molar refractivity (Wildman–Crippen MR) is 67.2 cm³/mol. The molecule has 7 heteroatoms. The van der Waals surface area contributed by atoms with E-state index in [0.29, 0.717) is 0 Å². The standard InChI is InChI=1S/C12H15FN2O3S/c13-9-3-4-11(10(14)5-9)19(17,18)15-6-12(16,7-15)8-1-2-8/h3-5,8,16H,1-2,6-7,14H2. The highest BCUT2D eigenvalue weighted by Gasteiger charge is 2.55. The van der Waals surface area contributed by atoms with Crippen molar-refractivity contribution in [1.29, 1.82) is 0 Å². The zero-order valence-electron chi connectivity index (χ0n) is 10.2. The maximum absolute atomic E-state index is 12.9. The Morgan fingerprint density at radius 1 is 1.37 bits per heavy atom. The number of sulfonamides is 1. The van der Waals surface area contributed by atoms with E-state index >= 15 is 0 Å². The molecule has 104 valence electrons. The Hall–Kier alpha value is -1.18. The molecule has 1 aliphatic carbocycles. The zero-order chi connectivity index (χ0) is 13.8. The molecule has 0 bridgehead atoms. The molecule has 0 aromatic heterocycles. The lowest BCUT2D eigenvalue weighted by Crippen LogP contribution is -2.64. The first-order valence-corrected chi connectivity index (χ1v) is 7.54. The van der Waals surface area contributed by atoms with Crippen LogP contribution in [-0.4, -0.2) is 36.5 Å². The minimum atomic E-state index is -3.74. The molecule has 1 aliphatic heterocycles. The van der Waals surface area contributed by atoms with Crippen LogP contribution in [0, 0.1) is 11.7 Å². The van der Waals surface area contributed by atoms with E-state index in [1.54, 1.807) is 0 Å². The number of rotatable bonds is 3. The highest BCUT2D eigenvalue weighted by Crippen LogP contribution is 2.46. The van der Waals surface area contributed by atoms with Gasteiger partial charge in [-0.25, -0.2) is 12.8 Å². The summed E-state index contributed by atoms with van der Waals surface area (Å²) in [5.41, 5.74) is 4.56. The van der Waals surface area contributed by atoms with Gasteiger partial charge in [-0.2, -0.15) is 4.31 Å². The Morgan fingerprint density at radius 2 is 2.00 bits per heavy atom. The highest BCUT2D eigenvalue weighted by molar-refractivity contribution is 7.89. The van der Waals surface area contributed by atoms with Gasteiger partial charge in [-0.1, -0.05) is 0 Å². The molecule has 1 aromatic carbocycles. The van der Waals surface area contributed by atoms with Gasteiger partial charge in [0.2, 0.25) is 10.0 Å². The first-order chi connectivity index (χ1) is 8.83. The number of halogens is 1. The van der Waals surface area contributed by atoms with Crippen LogP contribution in [0.2, 0.25) is 0 Å². The van der Waals surface area contributed by atoms with Crippen molar-refractivity contribution >= 4 is 15.7 Å². The minimum Gasteiger partial charge on any atom is -0.398 e. The van der Waals surface area contributed by atoms with Crippen LogP contribution < -0.4 is 5.73 Å². The van der Waals surface area contributed by atoms with Gasteiger partial charge in [0.05, 0.1) is 11.3 Å². The van der Waals surface area contributed by atoms with Crippen molar-refractivity contribution in [3.63, 3.8) is 0 Å². The molecule has 1 saturated carbocycles. The molecule has 0 unspecified atom stereocenters. The third-order valence-corrected chi connectivity index (χ3v) is 5.69. The Labute approximate surface area is 110 Å². The molecule has 1 aromatic rings. The first kappa shape index (κ1) is 12.8. The highest BCUT2D eigenvalue weighted by atomic mass is 32.2. The largest absolute Gasteiger partial charge is 0.398 e. The van der Waals surface area contributed by atoms with Gasteiger partial charge in [0, 0.05) is 13.1 Å². The van der Waals surface area contributed by atoms with Crippen LogP contribution in [0.1, 0.15) is 12.8 Å². The summed E-state index contributed by atoms with van der Waals surface area (Å²) in [5, 5.41) is 10.1. The maximum atomic E-state index is 12.9. The number of β-amino-alcohol motifs (C(OH)–C–C–N with tert-alkyl or cyclic N) is 1. The first-order valence-electron chi connectivity index (χ1n) is 6.10. The van der Waals surface area contributed by atoms with Crippen molar-refractivity contribution < 1.29 is 17.9 Å². The van der Waals surface area contributed by atoms with Crippen LogP contribution in [0.3, 0.4) is 0 Å². The molecule has 1 heterocycles. The fraction of sp³-hybridized carbons (Fsp3) is 0.500. The van der Waals surface area contributed by atoms with Crippen molar-refractivity contribution in [2.75, 3.05) is 18.8 Å². The Balaban J connectivity index is 1.84. The molecule has 0 radical (unpaired) electrons. The van der Waals surface area contributed by atoms with Gasteiger partial charge in [0.1, 0.15) is 10.7 Å². The van der Waals surface area contributed by atoms with Gasteiger partial charge in [-0.3, -0.25) is 0 Å². The summed E-state index contributed by atoms with van der Waals surface area (Å²) in [6.07, 6.45) is 1.89. The topological polar surface area (TPSA) is 83.6 Å². The maximum Gasteiger partial charge on any atom is 0.245 e. The number of benzene rings is 1. The SMILES string of the molecule is Nc1cc(F)ccc1S(=O)(=O)N1CC(O)(C2CC2)C1. The summed E-state index contributed by atoms with van der Waals surface area (Å²) in [6.45, 7) is 0.188. The summed E-state index contributed by atoms with van der Waals surface area (Å²) < 4.78 is 38.7. The van der Waals surface area contributed by atoms with E-state index in [2.05, 4.69) is 0 Å².